The van der Waals surface area contributed by atoms with Crippen LogP contribution in [0, 0.1) is 5.92 Å². The van der Waals surface area contributed by atoms with Crippen molar-refractivity contribution in [1.82, 2.24) is 0 Å². The van der Waals surface area contributed by atoms with Crippen molar-refractivity contribution in [3.63, 3.8) is 0 Å². The SMILES string of the molecule is CC[C@H]1OC(c2cc(CO)c(Cl)c3c2OCC3)[C@H](OCc2ccccc2)[C@@H](OCc2ccccc2)[C@@H]1C. The molecule has 3 aromatic rings. The Morgan fingerprint density at radius 1 is 0.946 bits per heavy atom. The first-order chi connectivity index (χ1) is 18.1. The molecule has 0 aliphatic carbocycles. The molecule has 6 heteroatoms. The van der Waals surface area contributed by atoms with Crippen LogP contribution in [0.5, 0.6) is 5.75 Å². The topological polar surface area (TPSA) is 57.2 Å². The van der Waals surface area contributed by atoms with Crippen molar-refractivity contribution in [3.05, 3.63) is 99.6 Å². The summed E-state index contributed by atoms with van der Waals surface area (Å²) in [5, 5.41) is 10.6. The molecule has 5 nitrogen and oxygen atoms in total. The zero-order valence-electron chi connectivity index (χ0n) is 21.4. The van der Waals surface area contributed by atoms with Gasteiger partial charge in [0.25, 0.3) is 0 Å². The van der Waals surface area contributed by atoms with E-state index in [0.29, 0.717) is 36.8 Å². The molecule has 0 saturated carbocycles. The molecule has 0 spiro atoms. The summed E-state index contributed by atoms with van der Waals surface area (Å²) in [5.74, 6) is 0.871. The van der Waals surface area contributed by atoms with Crippen LogP contribution in [-0.4, -0.2) is 30.0 Å². The van der Waals surface area contributed by atoms with E-state index in [-0.39, 0.29) is 30.8 Å². The first kappa shape index (κ1) is 26.2. The van der Waals surface area contributed by atoms with Crippen LogP contribution >= 0.6 is 11.6 Å². The predicted octanol–water partition coefficient (Wildman–Crippen LogP) is 6.42. The molecule has 1 fully saturated rings. The van der Waals surface area contributed by atoms with E-state index in [4.69, 9.17) is 30.5 Å². The molecule has 5 rings (SSSR count). The van der Waals surface area contributed by atoms with E-state index in [1.165, 1.54) is 0 Å². The lowest BCUT2D eigenvalue weighted by molar-refractivity contribution is -0.235. The molecule has 1 N–H and O–H groups in total. The van der Waals surface area contributed by atoms with Gasteiger partial charge in [-0.2, -0.15) is 0 Å². The molecule has 2 aliphatic heterocycles. The molecule has 0 aromatic heterocycles. The Morgan fingerprint density at radius 2 is 1.57 bits per heavy atom. The van der Waals surface area contributed by atoms with Crippen molar-refractivity contribution in [2.75, 3.05) is 6.61 Å². The highest BCUT2D eigenvalue weighted by Gasteiger charge is 2.47. The Balaban J connectivity index is 1.53. The average Bonchev–Trinajstić information content (AvgIpc) is 3.44. The number of aliphatic hydroxyl groups is 1. The van der Waals surface area contributed by atoms with E-state index in [1.54, 1.807) is 0 Å². The molecular formula is C31H35ClO5. The Hall–Kier alpha value is -2.41. The van der Waals surface area contributed by atoms with Crippen molar-refractivity contribution >= 4 is 11.6 Å². The number of halogens is 1. The largest absolute Gasteiger partial charge is 0.493 e. The van der Waals surface area contributed by atoms with Gasteiger partial charge in [0.1, 0.15) is 18.0 Å². The van der Waals surface area contributed by atoms with Gasteiger partial charge < -0.3 is 24.1 Å². The van der Waals surface area contributed by atoms with E-state index in [1.807, 2.05) is 42.5 Å². The number of hydrogen-bond donors (Lipinski definition) is 1. The zero-order chi connectivity index (χ0) is 25.8. The van der Waals surface area contributed by atoms with Crippen LogP contribution in [0.1, 0.15) is 54.2 Å². The third-order valence-corrected chi connectivity index (χ3v) is 7.98. The maximum Gasteiger partial charge on any atom is 0.130 e. The molecule has 37 heavy (non-hydrogen) atoms. The molecule has 196 valence electrons. The first-order valence-corrected chi connectivity index (χ1v) is 13.5. The number of fused-ring (bicyclic) bond motifs is 1. The number of ether oxygens (including phenoxy) is 4. The highest BCUT2D eigenvalue weighted by Crippen LogP contribution is 2.47. The van der Waals surface area contributed by atoms with Crippen molar-refractivity contribution < 1.29 is 24.1 Å². The molecule has 2 aliphatic rings. The highest BCUT2D eigenvalue weighted by molar-refractivity contribution is 6.32. The van der Waals surface area contributed by atoms with Crippen LogP contribution < -0.4 is 4.74 Å². The number of aliphatic hydroxyl groups excluding tert-OH is 1. The van der Waals surface area contributed by atoms with Gasteiger partial charge in [0.15, 0.2) is 0 Å². The van der Waals surface area contributed by atoms with Crippen LogP contribution in [0.3, 0.4) is 0 Å². The fourth-order valence-electron chi connectivity index (χ4n) is 5.51. The standard InChI is InChI=1S/C31H35ClO5/c1-3-26-20(2)28(35-18-21-10-6-4-7-11-21)31(36-19-22-12-8-5-9-13-22)30(37-26)25-16-23(17-33)27(32)24-14-15-34-29(24)25/h4-13,16,20,26,28,30-31,33H,3,14-15,17-19H2,1-2H3/t20-,26-,28+,30?,31-/m1/s1. The maximum absolute atomic E-state index is 10.1. The molecule has 0 radical (unpaired) electrons. The third-order valence-electron chi connectivity index (χ3n) is 7.51. The van der Waals surface area contributed by atoms with Gasteiger partial charge >= 0.3 is 0 Å². The second-order valence-corrected chi connectivity index (χ2v) is 10.3. The summed E-state index contributed by atoms with van der Waals surface area (Å²) in [7, 11) is 0. The molecule has 0 bridgehead atoms. The minimum absolute atomic E-state index is 0.0207. The van der Waals surface area contributed by atoms with Gasteiger partial charge in [0.2, 0.25) is 0 Å². The van der Waals surface area contributed by atoms with Gasteiger partial charge in [0.05, 0.1) is 43.7 Å². The molecule has 1 saturated heterocycles. The Kier molecular flexibility index (Phi) is 8.48. The molecule has 0 amide bonds. The van der Waals surface area contributed by atoms with Gasteiger partial charge in [-0.05, 0) is 29.2 Å². The summed E-state index contributed by atoms with van der Waals surface area (Å²) in [6.07, 6.45) is 0.504. The second-order valence-electron chi connectivity index (χ2n) is 9.89. The Morgan fingerprint density at radius 3 is 2.16 bits per heavy atom. The molecule has 1 unspecified atom stereocenters. The minimum Gasteiger partial charge on any atom is -0.493 e. The van der Waals surface area contributed by atoms with E-state index in [0.717, 1.165) is 34.4 Å². The Bertz CT molecular complexity index is 1170. The lowest BCUT2D eigenvalue weighted by atomic mass is 9.83. The zero-order valence-corrected chi connectivity index (χ0v) is 22.2. The van der Waals surface area contributed by atoms with Crippen molar-refractivity contribution in [2.24, 2.45) is 5.92 Å². The van der Waals surface area contributed by atoms with E-state index in [9.17, 15) is 5.11 Å². The van der Waals surface area contributed by atoms with Gasteiger partial charge in [-0.15, -0.1) is 0 Å². The smallest absolute Gasteiger partial charge is 0.130 e. The van der Waals surface area contributed by atoms with Crippen molar-refractivity contribution in [1.29, 1.82) is 0 Å². The fraction of sp³-hybridized carbons (Fsp3) is 0.419. The highest BCUT2D eigenvalue weighted by atomic mass is 35.5. The van der Waals surface area contributed by atoms with Gasteiger partial charge in [-0.1, -0.05) is 86.1 Å². The number of benzene rings is 3. The molecule has 3 aromatic carbocycles. The maximum atomic E-state index is 10.1. The summed E-state index contributed by atoms with van der Waals surface area (Å²) < 4.78 is 26.2. The van der Waals surface area contributed by atoms with Crippen LogP contribution in [-0.2, 0) is 40.5 Å². The van der Waals surface area contributed by atoms with E-state index < -0.39 is 6.10 Å². The normalized spacial score (nSPS) is 25.0. The summed E-state index contributed by atoms with van der Waals surface area (Å²) >= 11 is 6.63. The summed E-state index contributed by atoms with van der Waals surface area (Å²) in [4.78, 5) is 0. The summed E-state index contributed by atoms with van der Waals surface area (Å²) in [5.41, 5.74) is 4.69. The van der Waals surface area contributed by atoms with E-state index in [2.05, 4.69) is 38.1 Å². The monoisotopic (exact) mass is 522 g/mol. The number of hydrogen-bond acceptors (Lipinski definition) is 5. The van der Waals surface area contributed by atoms with E-state index >= 15 is 0 Å². The number of rotatable bonds is 9. The van der Waals surface area contributed by atoms with Gasteiger partial charge in [-0.3, -0.25) is 0 Å². The van der Waals surface area contributed by atoms with Crippen LogP contribution in [0.15, 0.2) is 66.7 Å². The molecule has 2 heterocycles. The minimum atomic E-state index is -0.431. The van der Waals surface area contributed by atoms with Crippen molar-refractivity contribution in [3.8, 4) is 5.75 Å². The van der Waals surface area contributed by atoms with Gasteiger partial charge in [0, 0.05) is 23.5 Å². The van der Waals surface area contributed by atoms with Crippen LogP contribution in [0.2, 0.25) is 5.02 Å². The van der Waals surface area contributed by atoms with Crippen molar-refractivity contribution in [2.45, 2.75) is 70.9 Å². The van der Waals surface area contributed by atoms with Crippen LogP contribution in [0.25, 0.3) is 0 Å². The average molecular weight is 523 g/mol. The Labute approximate surface area is 224 Å². The quantitative estimate of drug-likeness (QED) is 0.351. The summed E-state index contributed by atoms with van der Waals surface area (Å²) in [6.45, 7) is 5.65. The predicted molar refractivity (Wildman–Crippen MR) is 144 cm³/mol. The first-order valence-electron chi connectivity index (χ1n) is 13.1. The molecular weight excluding hydrogens is 488 g/mol. The van der Waals surface area contributed by atoms with Crippen LogP contribution in [0.4, 0.5) is 0 Å². The molecule has 5 atom stereocenters. The summed E-state index contributed by atoms with van der Waals surface area (Å²) in [6, 6.07) is 22.3. The second kappa shape index (κ2) is 12.0. The fourth-order valence-corrected chi connectivity index (χ4v) is 5.81. The lowest BCUT2D eigenvalue weighted by Gasteiger charge is -2.46. The lowest BCUT2D eigenvalue weighted by Crippen LogP contribution is -2.51. The third kappa shape index (κ3) is 5.57. The van der Waals surface area contributed by atoms with Gasteiger partial charge in [-0.25, -0.2) is 0 Å².